The fourth-order valence-electron chi connectivity index (χ4n) is 1.60. The number of hydrogen-bond acceptors (Lipinski definition) is 2. The van der Waals surface area contributed by atoms with E-state index in [0.29, 0.717) is 0 Å². The number of rotatable bonds is 0. The third-order valence-electron chi connectivity index (χ3n) is 2.61. The van der Waals surface area contributed by atoms with Gasteiger partial charge in [-0.05, 0) is 50.9 Å². The van der Waals surface area contributed by atoms with Crippen LogP contribution in [0.15, 0.2) is 0 Å². The molecule has 2 rings (SSSR count). The summed E-state index contributed by atoms with van der Waals surface area (Å²) in [5.74, 6) is 1.87. The molecule has 72 valence electrons. The van der Waals surface area contributed by atoms with Crippen LogP contribution in [0.5, 0.6) is 0 Å². The minimum Gasteiger partial charge on any atom is -0.316 e. The average Bonchev–Trinajstić information content (AvgIpc) is 2.63. The van der Waals surface area contributed by atoms with Gasteiger partial charge < -0.3 is 10.6 Å². The topological polar surface area (TPSA) is 24.1 Å². The molecular formula is C10H22N2. The lowest BCUT2D eigenvalue weighted by molar-refractivity contribution is 0.651. The van der Waals surface area contributed by atoms with Gasteiger partial charge in [0.15, 0.2) is 0 Å². The van der Waals surface area contributed by atoms with E-state index in [9.17, 15) is 0 Å². The molecule has 0 aromatic carbocycles. The highest BCUT2D eigenvalue weighted by molar-refractivity contribution is 4.65. The Kier molecular flexibility index (Phi) is 4.62. The third-order valence-corrected chi connectivity index (χ3v) is 2.61. The second-order valence-electron chi connectivity index (χ2n) is 4.20. The predicted octanol–water partition coefficient (Wildman–Crippen LogP) is 1.23. The lowest BCUT2D eigenvalue weighted by atomic mass is 10.2. The van der Waals surface area contributed by atoms with E-state index in [1.807, 2.05) is 0 Å². The molecule has 2 heterocycles. The molecule has 0 saturated carbocycles. The molecule has 12 heavy (non-hydrogen) atoms. The molecule has 2 atom stereocenters. The van der Waals surface area contributed by atoms with Gasteiger partial charge in [0.25, 0.3) is 0 Å². The Hall–Kier alpha value is -0.0800. The predicted molar refractivity (Wildman–Crippen MR) is 53.3 cm³/mol. The molecule has 0 amide bonds. The van der Waals surface area contributed by atoms with Gasteiger partial charge in [-0.15, -0.1) is 0 Å². The van der Waals surface area contributed by atoms with Gasteiger partial charge in [0.1, 0.15) is 0 Å². The van der Waals surface area contributed by atoms with E-state index in [0.717, 1.165) is 11.8 Å². The van der Waals surface area contributed by atoms with Crippen LogP contribution in [0.4, 0.5) is 0 Å². The van der Waals surface area contributed by atoms with Crippen LogP contribution in [-0.4, -0.2) is 26.2 Å². The fraction of sp³-hybridized carbons (Fsp3) is 1.00. The molecule has 2 aliphatic rings. The summed E-state index contributed by atoms with van der Waals surface area (Å²) in [6.07, 6.45) is 2.75. The molecule has 0 spiro atoms. The lowest BCUT2D eigenvalue weighted by Gasteiger charge is -1.90. The molecule has 0 aromatic rings. The summed E-state index contributed by atoms with van der Waals surface area (Å²) in [7, 11) is 0. The van der Waals surface area contributed by atoms with Crippen LogP contribution in [-0.2, 0) is 0 Å². The van der Waals surface area contributed by atoms with Gasteiger partial charge in [0, 0.05) is 0 Å². The quantitative estimate of drug-likeness (QED) is 0.571. The standard InChI is InChI=1S/2C5H11N/c2*1-5-2-3-6-4-5/h2*5-6H,2-4H2,1H3. The van der Waals surface area contributed by atoms with E-state index in [2.05, 4.69) is 24.5 Å². The summed E-state index contributed by atoms with van der Waals surface area (Å²) in [6.45, 7) is 9.50. The summed E-state index contributed by atoms with van der Waals surface area (Å²) in [4.78, 5) is 0. The Labute approximate surface area is 76.1 Å². The Morgan fingerprint density at radius 1 is 0.833 bits per heavy atom. The molecule has 2 saturated heterocycles. The van der Waals surface area contributed by atoms with Gasteiger partial charge in [0.2, 0.25) is 0 Å². The average molecular weight is 170 g/mol. The zero-order chi connectivity index (χ0) is 8.81. The largest absolute Gasteiger partial charge is 0.316 e. The minimum absolute atomic E-state index is 0.935. The van der Waals surface area contributed by atoms with E-state index in [1.54, 1.807) is 0 Å². The van der Waals surface area contributed by atoms with Crippen molar-refractivity contribution >= 4 is 0 Å². The molecule has 0 bridgehead atoms. The monoisotopic (exact) mass is 170 g/mol. The fourth-order valence-corrected chi connectivity index (χ4v) is 1.60. The van der Waals surface area contributed by atoms with Crippen molar-refractivity contribution in [2.75, 3.05) is 26.2 Å². The highest BCUT2D eigenvalue weighted by Crippen LogP contribution is 2.03. The van der Waals surface area contributed by atoms with Crippen molar-refractivity contribution in [1.29, 1.82) is 0 Å². The lowest BCUT2D eigenvalue weighted by Crippen LogP contribution is -2.06. The SMILES string of the molecule is CC1CCNC1.CC1CCNC1. The number of nitrogens with one attached hydrogen (secondary N) is 2. The maximum Gasteiger partial charge on any atom is -0.00227 e. The molecule has 0 aromatic heterocycles. The minimum atomic E-state index is 0.935. The van der Waals surface area contributed by atoms with Crippen molar-refractivity contribution in [2.24, 2.45) is 11.8 Å². The van der Waals surface area contributed by atoms with E-state index < -0.39 is 0 Å². The van der Waals surface area contributed by atoms with Crippen LogP contribution >= 0.6 is 0 Å². The van der Waals surface area contributed by atoms with Crippen molar-refractivity contribution in [3.05, 3.63) is 0 Å². The first-order valence-electron chi connectivity index (χ1n) is 5.20. The first kappa shape index (κ1) is 10.0. The summed E-state index contributed by atoms with van der Waals surface area (Å²) < 4.78 is 0. The Morgan fingerprint density at radius 2 is 1.25 bits per heavy atom. The number of hydrogen-bond donors (Lipinski definition) is 2. The molecule has 2 fully saturated rings. The van der Waals surface area contributed by atoms with Crippen molar-refractivity contribution in [1.82, 2.24) is 10.6 Å². The molecule has 2 heteroatoms. The van der Waals surface area contributed by atoms with Gasteiger partial charge in [-0.2, -0.15) is 0 Å². The van der Waals surface area contributed by atoms with Gasteiger partial charge in [-0.25, -0.2) is 0 Å². The van der Waals surface area contributed by atoms with Crippen molar-refractivity contribution in [3.8, 4) is 0 Å². The zero-order valence-electron chi connectivity index (χ0n) is 8.40. The highest BCUT2D eigenvalue weighted by atomic mass is 14.9. The normalized spacial score (nSPS) is 34.5. The maximum atomic E-state index is 3.27. The molecule has 2 N–H and O–H groups in total. The van der Waals surface area contributed by atoms with Crippen LogP contribution in [0.1, 0.15) is 26.7 Å². The molecule has 0 radical (unpaired) electrons. The second kappa shape index (κ2) is 5.55. The van der Waals surface area contributed by atoms with Crippen LogP contribution in [0.25, 0.3) is 0 Å². The van der Waals surface area contributed by atoms with E-state index >= 15 is 0 Å². The molecular weight excluding hydrogens is 148 g/mol. The smallest absolute Gasteiger partial charge is 0.00227 e. The van der Waals surface area contributed by atoms with Crippen molar-refractivity contribution in [3.63, 3.8) is 0 Å². The van der Waals surface area contributed by atoms with Crippen molar-refractivity contribution < 1.29 is 0 Å². The first-order chi connectivity index (χ1) is 5.79. The van der Waals surface area contributed by atoms with Crippen LogP contribution < -0.4 is 10.6 Å². The summed E-state index contributed by atoms with van der Waals surface area (Å²) >= 11 is 0. The second-order valence-corrected chi connectivity index (χ2v) is 4.20. The van der Waals surface area contributed by atoms with Crippen LogP contribution in [0.2, 0.25) is 0 Å². The first-order valence-corrected chi connectivity index (χ1v) is 5.20. The van der Waals surface area contributed by atoms with E-state index in [4.69, 9.17) is 0 Å². The molecule has 2 nitrogen and oxygen atoms in total. The molecule has 2 unspecified atom stereocenters. The highest BCUT2D eigenvalue weighted by Gasteiger charge is 2.06. The maximum absolute atomic E-state index is 3.27. The van der Waals surface area contributed by atoms with Gasteiger partial charge in [-0.1, -0.05) is 13.8 Å². The van der Waals surface area contributed by atoms with Gasteiger partial charge in [-0.3, -0.25) is 0 Å². The Balaban J connectivity index is 0.000000120. The van der Waals surface area contributed by atoms with E-state index in [1.165, 1.54) is 39.0 Å². The summed E-state index contributed by atoms with van der Waals surface area (Å²) in [6, 6.07) is 0. The summed E-state index contributed by atoms with van der Waals surface area (Å²) in [5, 5.41) is 6.54. The van der Waals surface area contributed by atoms with E-state index in [-0.39, 0.29) is 0 Å². The molecule has 2 aliphatic heterocycles. The Morgan fingerprint density at radius 3 is 1.33 bits per heavy atom. The van der Waals surface area contributed by atoms with Gasteiger partial charge in [0.05, 0.1) is 0 Å². The molecule has 0 aliphatic carbocycles. The van der Waals surface area contributed by atoms with Crippen LogP contribution in [0.3, 0.4) is 0 Å². The zero-order valence-corrected chi connectivity index (χ0v) is 8.40. The Bertz CT molecular complexity index is 88.4. The van der Waals surface area contributed by atoms with Crippen molar-refractivity contribution in [2.45, 2.75) is 26.7 Å². The van der Waals surface area contributed by atoms with Gasteiger partial charge >= 0.3 is 0 Å². The van der Waals surface area contributed by atoms with Crippen LogP contribution in [0, 0.1) is 11.8 Å². The summed E-state index contributed by atoms with van der Waals surface area (Å²) in [5.41, 5.74) is 0. The third kappa shape index (κ3) is 4.07.